The van der Waals surface area contributed by atoms with Crippen molar-refractivity contribution in [1.82, 2.24) is 9.13 Å². The molecule has 0 N–H and O–H groups in total. The lowest BCUT2D eigenvalue weighted by atomic mass is 10.1. The Hall–Kier alpha value is -0.790. The maximum Gasteiger partial charge on any atom is 0.328 e. The van der Waals surface area contributed by atoms with Crippen molar-refractivity contribution in [2.45, 2.75) is 17.6 Å². The molecule has 2 unspecified atom stereocenters. The third-order valence-corrected chi connectivity index (χ3v) is 6.85. The number of aryl methyl sites for hydroxylation is 2. The molecule has 2 rings (SSSR count). The summed E-state index contributed by atoms with van der Waals surface area (Å²) in [6, 6.07) is 3.55. The number of hydrogen-bond acceptors (Lipinski definition) is 3. The van der Waals surface area contributed by atoms with E-state index < -0.39 is 20.5 Å². The van der Waals surface area contributed by atoms with E-state index in [0.29, 0.717) is 15.6 Å². The van der Waals surface area contributed by atoms with Crippen molar-refractivity contribution in [2.24, 2.45) is 14.1 Å². The number of rotatable bonds is 3. The van der Waals surface area contributed by atoms with Crippen LogP contribution < -0.4 is 5.69 Å². The minimum atomic E-state index is -3.26. The summed E-state index contributed by atoms with van der Waals surface area (Å²) < 4.78 is 27.1. The largest absolute Gasteiger partial charge is 0.328 e. The summed E-state index contributed by atoms with van der Waals surface area (Å²) in [5.41, 5.74) is 1.99. The zero-order valence-corrected chi connectivity index (χ0v) is 15.3. The predicted octanol–water partition coefficient (Wildman–Crippen LogP) is 2.35. The van der Waals surface area contributed by atoms with Crippen molar-refractivity contribution in [3.63, 3.8) is 0 Å². The molecule has 0 saturated heterocycles. The third-order valence-electron chi connectivity index (χ3n) is 3.78. The molecule has 0 aliphatic heterocycles. The molecule has 116 valence electrons. The summed E-state index contributed by atoms with van der Waals surface area (Å²) in [5, 5.41) is -1.43. The molecule has 0 amide bonds. The van der Waals surface area contributed by atoms with E-state index in [4.69, 9.17) is 11.6 Å². The van der Waals surface area contributed by atoms with Crippen LogP contribution >= 0.6 is 27.5 Å². The lowest BCUT2D eigenvalue weighted by molar-refractivity contribution is 0.587. The highest BCUT2D eigenvalue weighted by atomic mass is 79.9. The first-order valence-corrected chi connectivity index (χ1v) is 9.42. The second kappa shape index (κ2) is 5.44. The maximum absolute atomic E-state index is 12.0. The standard InChI is InChI=1S/C13H16BrClN2O3S/c1-7(21(4,19)20)12(15)8-5-10-11(6-9(8)14)17(3)13(18)16(10)2/h5-7,12H,1-4H3. The molecule has 0 aliphatic carbocycles. The minimum Gasteiger partial charge on any atom is -0.295 e. The van der Waals surface area contributed by atoms with Crippen molar-refractivity contribution in [3.8, 4) is 0 Å². The maximum atomic E-state index is 12.0. The number of aromatic nitrogens is 2. The number of imidazole rings is 1. The van der Waals surface area contributed by atoms with E-state index in [9.17, 15) is 13.2 Å². The van der Waals surface area contributed by atoms with E-state index in [1.165, 1.54) is 9.13 Å². The number of nitrogens with zero attached hydrogens (tertiary/aromatic N) is 2. The van der Waals surface area contributed by atoms with Crippen LogP contribution in [0.1, 0.15) is 17.9 Å². The third kappa shape index (κ3) is 2.78. The topological polar surface area (TPSA) is 61.1 Å². The summed E-state index contributed by atoms with van der Waals surface area (Å²) >= 11 is 9.76. The van der Waals surface area contributed by atoms with E-state index in [-0.39, 0.29) is 5.69 Å². The Balaban J connectivity index is 2.69. The van der Waals surface area contributed by atoms with Gasteiger partial charge in [-0.05, 0) is 24.6 Å². The molecule has 5 nitrogen and oxygen atoms in total. The van der Waals surface area contributed by atoms with E-state index in [1.807, 2.05) is 0 Å². The summed E-state index contributed by atoms with van der Waals surface area (Å²) in [4.78, 5) is 12.0. The van der Waals surface area contributed by atoms with E-state index >= 15 is 0 Å². The Kier molecular flexibility index (Phi) is 4.30. The average Bonchev–Trinajstić information content (AvgIpc) is 2.60. The molecule has 0 spiro atoms. The molecule has 21 heavy (non-hydrogen) atoms. The highest BCUT2D eigenvalue weighted by Crippen LogP contribution is 2.35. The fraction of sp³-hybridized carbons (Fsp3) is 0.462. The molecular formula is C13H16BrClN2O3S. The first kappa shape index (κ1) is 16.6. The summed E-state index contributed by atoms with van der Waals surface area (Å²) in [6.07, 6.45) is 1.16. The molecule has 0 aliphatic rings. The van der Waals surface area contributed by atoms with Crippen molar-refractivity contribution in [1.29, 1.82) is 0 Å². The SMILES string of the molecule is CC(C(Cl)c1cc2c(cc1Br)n(C)c(=O)n2C)S(C)(=O)=O. The first-order valence-electron chi connectivity index (χ1n) is 6.23. The highest BCUT2D eigenvalue weighted by molar-refractivity contribution is 9.10. The van der Waals surface area contributed by atoms with Gasteiger partial charge in [0.25, 0.3) is 0 Å². The Morgan fingerprint density at radius 3 is 2.14 bits per heavy atom. The van der Waals surface area contributed by atoms with Gasteiger partial charge in [0.2, 0.25) is 0 Å². The number of halogens is 2. The average molecular weight is 396 g/mol. The van der Waals surface area contributed by atoms with Crippen LogP contribution in [0.15, 0.2) is 21.4 Å². The van der Waals surface area contributed by atoms with Gasteiger partial charge in [-0.15, -0.1) is 11.6 Å². The van der Waals surface area contributed by atoms with Crippen molar-refractivity contribution < 1.29 is 8.42 Å². The molecular weight excluding hydrogens is 380 g/mol. The van der Waals surface area contributed by atoms with Crippen LogP contribution in [0.4, 0.5) is 0 Å². The van der Waals surface area contributed by atoms with Gasteiger partial charge in [-0.3, -0.25) is 9.13 Å². The van der Waals surface area contributed by atoms with Crippen molar-refractivity contribution in [3.05, 3.63) is 32.7 Å². The summed E-state index contributed by atoms with van der Waals surface area (Å²) in [6.45, 7) is 1.58. The normalized spacial score (nSPS) is 15.3. The van der Waals surface area contributed by atoms with Gasteiger partial charge in [0.05, 0.1) is 21.7 Å². The first-order chi connectivity index (χ1) is 9.55. The molecule has 2 atom stereocenters. The Morgan fingerprint density at radius 2 is 1.67 bits per heavy atom. The van der Waals surface area contributed by atoms with Crippen molar-refractivity contribution >= 4 is 48.4 Å². The van der Waals surface area contributed by atoms with Crippen molar-refractivity contribution in [2.75, 3.05) is 6.26 Å². The Morgan fingerprint density at radius 1 is 1.19 bits per heavy atom. The Bertz CT molecular complexity index is 870. The van der Waals surface area contributed by atoms with E-state index in [0.717, 1.165) is 11.8 Å². The van der Waals surface area contributed by atoms with Crippen LogP contribution in [0.25, 0.3) is 11.0 Å². The minimum absolute atomic E-state index is 0.142. The quantitative estimate of drug-likeness (QED) is 0.750. The zero-order chi connectivity index (χ0) is 16.1. The highest BCUT2D eigenvalue weighted by Gasteiger charge is 2.28. The molecule has 0 fully saturated rings. The number of hydrogen-bond donors (Lipinski definition) is 0. The monoisotopic (exact) mass is 394 g/mol. The number of sulfone groups is 1. The van der Waals surface area contributed by atoms with Crippen LogP contribution in [0.5, 0.6) is 0 Å². The van der Waals surface area contributed by atoms with Crippen LogP contribution in [-0.2, 0) is 23.9 Å². The van der Waals surface area contributed by atoms with Gasteiger partial charge >= 0.3 is 5.69 Å². The van der Waals surface area contributed by atoms with Crippen LogP contribution in [0.2, 0.25) is 0 Å². The summed E-state index contributed by atoms with van der Waals surface area (Å²) in [5.74, 6) is 0. The molecule has 1 aromatic heterocycles. The molecule has 1 aromatic carbocycles. The van der Waals surface area contributed by atoms with E-state index in [1.54, 1.807) is 33.2 Å². The van der Waals surface area contributed by atoms with Gasteiger partial charge in [0, 0.05) is 24.8 Å². The van der Waals surface area contributed by atoms with Gasteiger partial charge < -0.3 is 0 Å². The second-order valence-corrected chi connectivity index (χ2v) is 8.93. The molecule has 0 radical (unpaired) electrons. The lowest BCUT2D eigenvalue weighted by Gasteiger charge is -2.18. The van der Waals surface area contributed by atoms with Gasteiger partial charge in [-0.25, -0.2) is 13.2 Å². The molecule has 1 heterocycles. The lowest BCUT2D eigenvalue weighted by Crippen LogP contribution is -2.21. The van der Waals surface area contributed by atoms with Gasteiger partial charge in [-0.1, -0.05) is 15.9 Å². The molecule has 2 aromatic rings. The molecule has 0 saturated carbocycles. The fourth-order valence-corrected chi connectivity index (χ4v) is 4.25. The number of fused-ring (bicyclic) bond motifs is 1. The molecule has 0 bridgehead atoms. The number of benzene rings is 1. The Labute approximate surface area is 136 Å². The summed E-state index contributed by atoms with van der Waals surface area (Å²) in [7, 11) is 0.101. The van der Waals surface area contributed by atoms with Crippen LogP contribution in [0, 0.1) is 0 Å². The smallest absolute Gasteiger partial charge is 0.295 e. The predicted molar refractivity (Wildman–Crippen MR) is 88.8 cm³/mol. The fourth-order valence-electron chi connectivity index (χ4n) is 2.22. The molecule has 8 heteroatoms. The van der Waals surface area contributed by atoms with Gasteiger partial charge in [-0.2, -0.15) is 0 Å². The second-order valence-electron chi connectivity index (χ2n) is 5.20. The number of alkyl halides is 1. The van der Waals surface area contributed by atoms with Crippen LogP contribution in [-0.4, -0.2) is 29.1 Å². The van der Waals surface area contributed by atoms with Crippen LogP contribution in [0.3, 0.4) is 0 Å². The van der Waals surface area contributed by atoms with Gasteiger partial charge in [0.1, 0.15) is 0 Å². The zero-order valence-electron chi connectivity index (χ0n) is 12.1. The van der Waals surface area contributed by atoms with Gasteiger partial charge in [0.15, 0.2) is 9.84 Å². The van der Waals surface area contributed by atoms with E-state index in [2.05, 4.69) is 15.9 Å².